The van der Waals surface area contributed by atoms with E-state index >= 15 is 0 Å². The van der Waals surface area contributed by atoms with Crippen molar-refractivity contribution < 1.29 is 19.8 Å². The number of carboxylic acid groups (broad SMARTS) is 1. The number of hydrogen-bond acceptors (Lipinski definition) is 3. The molecule has 0 aromatic carbocycles. The van der Waals surface area contributed by atoms with Crippen molar-refractivity contribution >= 4 is 11.8 Å². The van der Waals surface area contributed by atoms with Gasteiger partial charge in [0.25, 0.3) is 0 Å². The first-order valence-corrected chi connectivity index (χ1v) is 3.79. The number of hydrogen-bond donors (Lipinski definition) is 2. The average Bonchev–Trinajstić information content (AvgIpc) is 2.03. The highest BCUT2D eigenvalue weighted by molar-refractivity contribution is 5.91. The summed E-state index contributed by atoms with van der Waals surface area (Å²) in [5, 5.41) is 16.9. The Balaban J connectivity index is 4.23. The molecule has 0 bridgehead atoms. The van der Waals surface area contributed by atoms with E-state index in [-0.39, 0.29) is 11.7 Å². The number of aliphatic hydroxyl groups is 1. The van der Waals surface area contributed by atoms with E-state index in [1.807, 2.05) is 0 Å². The molecule has 0 atom stereocenters. The van der Waals surface area contributed by atoms with Crippen molar-refractivity contribution in [2.24, 2.45) is 5.92 Å². The highest BCUT2D eigenvalue weighted by Crippen LogP contribution is 1.96. The minimum atomic E-state index is -1.42. The zero-order valence-electron chi connectivity index (χ0n) is 7.52. The fourth-order valence-electron chi connectivity index (χ4n) is 0.498. The first-order chi connectivity index (χ1) is 5.95. The van der Waals surface area contributed by atoms with E-state index in [1.54, 1.807) is 13.8 Å². The Bertz CT molecular complexity index is 261. The lowest BCUT2D eigenvalue weighted by Gasteiger charge is -1.94. The third kappa shape index (κ3) is 4.79. The molecule has 0 fully saturated rings. The second kappa shape index (κ2) is 5.13. The van der Waals surface area contributed by atoms with Crippen molar-refractivity contribution in [2.45, 2.75) is 13.8 Å². The third-order valence-electron chi connectivity index (χ3n) is 1.30. The molecular weight excluding hydrogens is 172 g/mol. The molecule has 0 saturated heterocycles. The van der Waals surface area contributed by atoms with E-state index in [0.29, 0.717) is 0 Å². The van der Waals surface area contributed by atoms with E-state index in [0.717, 1.165) is 6.08 Å². The Hall–Kier alpha value is -1.58. The van der Waals surface area contributed by atoms with Crippen LogP contribution in [0.3, 0.4) is 0 Å². The van der Waals surface area contributed by atoms with Gasteiger partial charge in [0.1, 0.15) is 0 Å². The van der Waals surface area contributed by atoms with Crippen molar-refractivity contribution in [3.05, 3.63) is 24.0 Å². The van der Waals surface area contributed by atoms with E-state index in [4.69, 9.17) is 10.2 Å². The van der Waals surface area contributed by atoms with Crippen LogP contribution >= 0.6 is 0 Å². The summed E-state index contributed by atoms with van der Waals surface area (Å²) in [4.78, 5) is 21.0. The fourth-order valence-corrected chi connectivity index (χ4v) is 0.498. The van der Waals surface area contributed by atoms with Gasteiger partial charge < -0.3 is 10.2 Å². The molecule has 0 rings (SSSR count). The van der Waals surface area contributed by atoms with Crippen LogP contribution < -0.4 is 0 Å². The highest BCUT2D eigenvalue weighted by atomic mass is 16.4. The number of carbonyl (C=O) groups is 2. The van der Waals surface area contributed by atoms with Gasteiger partial charge in [-0.1, -0.05) is 19.9 Å². The third-order valence-corrected chi connectivity index (χ3v) is 1.30. The van der Waals surface area contributed by atoms with Gasteiger partial charge in [0.2, 0.25) is 5.76 Å². The SMILES string of the molecule is CC(C)C(=O)/C=C\C=C(\O)C(=O)O. The van der Waals surface area contributed by atoms with Gasteiger partial charge in [-0.3, -0.25) is 4.79 Å². The maximum atomic E-state index is 10.9. The standard InChI is InChI=1S/C9H12O4/c1-6(2)7(10)4-3-5-8(11)9(12)13/h3-6,11H,1-2H3,(H,12,13)/b4-3-,8-5+. The molecule has 4 heteroatoms. The normalized spacial score (nSPS) is 12.4. The monoisotopic (exact) mass is 184 g/mol. The first-order valence-electron chi connectivity index (χ1n) is 3.79. The molecule has 0 radical (unpaired) electrons. The first kappa shape index (κ1) is 11.4. The number of carboxylic acids is 1. The number of allylic oxidation sites excluding steroid dienone is 3. The predicted molar refractivity (Wildman–Crippen MR) is 47.3 cm³/mol. The number of carbonyl (C=O) groups excluding carboxylic acids is 1. The van der Waals surface area contributed by atoms with Crippen LogP contribution in [0, 0.1) is 5.92 Å². The van der Waals surface area contributed by atoms with Crippen LogP contribution in [-0.2, 0) is 9.59 Å². The van der Waals surface area contributed by atoms with Gasteiger partial charge in [0, 0.05) is 5.92 Å². The average molecular weight is 184 g/mol. The van der Waals surface area contributed by atoms with E-state index in [2.05, 4.69) is 0 Å². The van der Waals surface area contributed by atoms with E-state index in [1.165, 1.54) is 12.2 Å². The van der Waals surface area contributed by atoms with Gasteiger partial charge in [0.05, 0.1) is 0 Å². The second-order valence-electron chi connectivity index (χ2n) is 2.77. The van der Waals surface area contributed by atoms with Gasteiger partial charge in [-0.15, -0.1) is 0 Å². The molecule has 4 nitrogen and oxygen atoms in total. The van der Waals surface area contributed by atoms with E-state index < -0.39 is 11.7 Å². The van der Waals surface area contributed by atoms with Crippen LogP contribution in [0.15, 0.2) is 24.0 Å². The molecule has 13 heavy (non-hydrogen) atoms. The number of ketones is 1. The molecule has 0 saturated carbocycles. The quantitative estimate of drug-likeness (QED) is 0.392. The number of rotatable bonds is 4. The van der Waals surface area contributed by atoms with Crippen molar-refractivity contribution in [3.63, 3.8) is 0 Å². The zero-order chi connectivity index (χ0) is 10.4. The molecule has 0 aliphatic heterocycles. The van der Waals surface area contributed by atoms with Gasteiger partial charge >= 0.3 is 5.97 Å². The summed E-state index contributed by atoms with van der Waals surface area (Å²) in [7, 11) is 0. The van der Waals surface area contributed by atoms with Crippen LogP contribution in [0.4, 0.5) is 0 Å². The second-order valence-corrected chi connectivity index (χ2v) is 2.77. The zero-order valence-corrected chi connectivity index (χ0v) is 7.52. The van der Waals surface area contributed by atoms with E-state index in [9.17, 15) is 9.59 Å². The maximum absolute atomic E-state index is 10.9. The number of aliphatic carboxylic acids is 1. The van der Waals surface area contributed by atoms with Gasteiger partial charge in [0.15, 0.2) is 5.78 Å². The molecule has 0 spiro atoms. The fraction of sp³-hybridized carbons (Fsp3) is 0.333. The lowest BCUT2D eigenvalue weighted by Crippen LogP contribution is -2.02. The summed E-state index contributed by atoms with van der Waals surface area (Å²) in [6.45, 7) is 3.46. The molecule has 0 aromatic rings. The molecule has 0 amide bonds. The van der Waals surface area contributed by atoms with Crippen molar-refractivity contribution in [1.82, 2.24) is 0 Å². The molecule has 0 unspecified atom stereocenters. The van der Waals surface area contributed by atoms with Crippen LogP contribution in [0.5, 0.6) is 0 Å². The lowest BCUT2D eigenvalue weighted by atomic mass is 10.1. The largest absolute Gasteiger partial charge is 0.502 e. The predicted octanol–water partition coefficient (Wildman–Crippen LogP) is 1.29. The Kier molecular flexibility index (Phi) is 4.51. The highest BCUT2D eigenvalue weighted by Gasteiger charge is 2.02. The Morgan fingerprint density at radius 3 is 2.15 bits per heavy atom. The Labute approximate surface area is 76.2 Å². The van der Waals surface area contributed by atoms with Gasteiger partial charge in [-0.2, -0.15) is 0 Å². The van der Waals surface area contributed by atoms with Crippen LogP contribution in [-0.4, -0.2) is 22.0 Å². The molecule has 2 N–H and O–H groups in total. The smallest absolute Gasteiger partial charge is 0.370 e. The van der Waals surface area contributed by atoms with Crippen molar-refractivity contribution in [2.75, 3.05) is 0 Å². The Morgan fingerprint density at radius 2 is 1.77 bits per heavy atom. The Morgan fingerprint density at radius 1 is 1.23 bits per heavy atom. The molecular formula is C9H12O4. The van der Waals surface area contributed by atoms with Crippen LogP contribution in [0.2, 0.25) is 0 Å². The maximum Gasteiger partial charge on any atom is 0.370 e. The summed E-state index contributed by atoms with van der Waals surface area (Å²) in [5.41, 5.74) is 0. The topological polar surface area (TPSA) is 74.6 Å². The number of aliphatic hydroxyl groups excluding tert-OH is 1. The minimum absolute atomic E-state index is 0.116. The summed E-state index contributed by atoms with van der Waals surface area (Å²) >= 11 is 0. The summed E-state index contributed by atoms with van der Waals surface area (Å²) in [6, 6.07) is 0. The lowest BCUT2D eigenvalue weighted by molar-refractivity contribution is -0.135. The molecule has 0 aromatic heterocycles. The van der Waals surface area contributed by atoms with Crippen molar-refractivity contribution in [1.29, 1.82) is 0 Å². The summed E-state index contributed by atoms with van der Waals surface area (Å²) < 4.78 is 0. The summed E-state index contributed by atoms with van der Waals surface area (Å²) in [6.07, 6.45) is 3.40. The molecule has 0 aliphatic carbocycles. The van der Waals surface area contributed by atoms with Gasteiger partial charge in [-0.25, -0.2) is 4.79 Å². The van der Waals surface area contributed by atoms with Crippen molar-refractivity contribution in [3.8, 4) is 0 Å². The molecule has 0 aliphatic rings. The van der Waals surface area contributed by atoms with Crippen LogP contribution in [0.1, 0.15) is 13.8 Å². The summed E-state index contributed by atoms with van der Waals surface area (Å²) in [5.74, 6) is -2.44. The van der Waals surface area contributed by atoms with Crippen LogP contribution in [0.25, 0.3) is 0 Å². The molecule has 0 heterocycles. The molecule has 72 valence electrons. The van der Waals surface area contributed by atoms with Gasteiger partial charge in [-0.05, 0) is 12.2 Å². The minimum Gasteiger partial charge on any atom is -0.502 e.